The monoisotopic (exact) mass is 172 g/mol. The van der Waals surface area contributed by atoms with Gasteiger partial charge in [-0.3, -0.25) is 4.79 Å². The van der Waals surface area contributed by atoms with Crippen LogP contribution in [0.2, 0.25) is 0 Å². The van der Waals surface area contributed by atoms with E-state index < -0.39 is 11.8 Å². The molecule has 0 heterocycles. The van der Waals surface area contributed by atoms with Crippen molar-refractivity contribution in [2.75, 3.05) is 7.11 Å². The summed E-state index contributed by atoms with van der Waals surface area (Å²) in [5.41, 5.74) is -0.264. The van der Waals surface area contributed by atoms with Crippen LogP contribution in [0.1, 0.15) is 20.3 Å². The lowest BCUT2D eigenvalue weighted by Gasteiger charge is -2.05. The number of Topliss-reactive ketones (excluding diaryl/α,β-unsaturated/α-hetero) is 1. The van der Waals surface area contributed by atoms with E-state index in [4.69, 9.17) is 9.84 Å². The number of carboxylic acids is 1. The molecular formula is C8H12O4. The molecule has 0 atom stereocenters. The quantitative estimate of drug-likeness (QED) is 0.297. The minimum absolute atomic E-state index is 0.218. The topological polar surface area (TPSA) is 63.6 Å². The van der Waals surface area contributed by atoms with Crippen molar-refractivity contribution in [2.45, 2.75) is 20.3 Å². The Bertz CT molecular complexity index is 205. The summed E-state index contributed by atoms with van der Waals surface area (Å²) in [5, 5.41) is 8.62. The fourth-order valence-electron chi connectivity index (χ4n) is 0.889. The van der Waals surface area contributed by atoms with Gasteiger partial charge >= 0.3 is 5.97 Å². The third kappa shape index (κ3) is 2.38. The first-order valence-electron chi connectivity index (χ1n) is 3.55. The summed E-state index contributed by atoms with van der Waals surface area (Å²) in [6.07, 6.45) is 0.401. The molecule has 12 heavy (non-hydrogen) atoms. The van der Waals surface area contributed by atoms with Gasteiger partial charge in [0.1, 0.15) is 11.3 Å². The van der Waals surface area contributed by atoms with Crippen LogP contribution in [0, 0.1) is 0 Å². The van der Waals surface area contributed by atoms with E-state index in [0.717, 1.165) is 0 Å². The van der Waals surface area contributed by atoms with Crippen molar-refractivity contribution in [3.8, 4) is 0 Å². The number of allylic oxidation sites excluding steroid dienone is 1. The Morgan fingerprint density at radius 1 is 1.42 bits per heavy atom. The number of hydrogen-bond donors (Lipinski definition) is 1. The van der Waals surface area contributed by atoms with Crippen LogP contribution in [-0.4, -0.2) is 24.0 Å². The molecule has 0 spiro atoms. The average molecular weight is 172 g/mol. The fourth-order valence-corrected chi connectivity index (χ4v) is 0.889. The average Bonchev–Trinajstić information content (AvgIpc) is 1.98. The summed E-state index contributed by atoms with van der Waals surface area (Å²) in [5.74, 6) is -1.50. The number of rotatable bonds is 4. The van der Waals surface area contributed by atoms with Crippen LogP contribution < -0.4 is 0 Å². The van der Waals surface area contributed by atoms with Crippen LogP contribution >= 0.6 is 0 Å². The van der Waals surface area contributed by atoms with Crippen LogP contribution in [-0.2, 0) is 14.3 Å². The molecule has 0 radical (unpaired) electrons. The van der Waals surface area contributed by atoms with Crippen molar-refractivity contribution in [3.05, 3.63) is 11.3 Å². The highest BCUT2D eigenvalue weighted by Crippen LogP contribution is 2.10. The first kappa shape index (κ1) is 10.7. The normalized spacial score (nSPS) is 11.9. The molecule has 4 heteroatoms. The third-order valence-electron chi connectivity index (χ3n) is 1.41. The second kappa shape index (κ2) is 4.54. The van der Waals surface area contributed by atoms with E-state index in [-0.39, 0.29) is 11.3 Å². The lowest BCUT2D eigenvalue weighted by molar-refractivity contribution is -0.134. The minimum Gasteiger partial charge on any atom is -0.500 e. The van der Waals surface area contributed by atoms with Gasteiger partial charge in [0.25, 0.3) is 0 Å². The Labute approximate surface area is 70.8 Å². The highest BCUT2D eigenvalue weighted by molar-refractivity contribution is 6.16. The highest BCUT2D eigenvalue weighted by Gasteiger charge is 2.18. The second-order valence-electron chi connectivity index (χ2n) is 2.22. The first-order chi connectivity index (χ1) is 5.54. The predicted octanol–water partition coefficient (Wildman–Crippen LogP) is 0.970. The molecule has 0 aromatic rings. The van der Waals surface area contributed by atoms with Gasteiger partial charge in [-0.2, -0.15) is 0 Å². The molecule has 0 aromatic carbocycles. The smallest absolute Gasteiger partial charge is 0.342 e. The number of ketones is 1. The van der Waals surface area contributed by atoms with E-state index in [0.29, 0.717) is 6.42 Å². The Morgan fingerprint density at radius 3 is 2.00 bits per heavy atom. The Hall–Kier alpha value is -1.32. The summed E-state index contributed by atoms with van der Waals surface area (Å²) < 4.78 is 4.76. The predicted molar refractivity (Wildman–Crippen MR) is 42.6 cm³/mol. The number of carbonyl (C=O) groups excluding carboxylic acids is 1. The molecular weight excluding hydrogens is 160 g/mol. The zero-order valence-electron chi connectivity index (χ0n) is 7.38. The summed E-state index contributed by atoms with van der Waals surface area (Å²) in [6.45, 7) is 2.93. The van der Waals surface area contributed by atoms with Crippen LogP contribution in [0.25, 0.3) is 0 Å². The van der Waals surface area contributed by atoms with Gasteiger partial charge in [0.15, 0.2) is 5.78 Å². The van der Waals surface area contributed by atoms with Gasteiger partial charge in [0.05, 0.1) is 7.11 Å². The zero-order valence-corrected chi connectivity index (χ0v) is 7.38. The molecule has 0 aliphatic carbocycles. The van der Waals surface area contributed by atoms with Gasteiger partial charge in [-0.05, 0) is 6.92 Å². The van der Waals surface area contributed by atoms with Crippen molar-refractivity contribution in [1.29, 1.82) is 0 Å². The van der Waals surface area contributed by atoms with Gasteiger partial charge in [-0.1, -0.05) is 6.92 Å². The SMILES string of the molecule is CCC(OC)=C(C(C)=O)C(=O)O. The minimum atomic E-state index is -1.23. The second-order valence-corrected chi connectivity index (χ2v) is 2.22. The summed E-state index contributed by atoms with van der Waals surface area (Å²) >= 11 is 0. The molecule has 0 fully saturated rings. The van der Waals surface area contributed by atoms with E-state index in [9.17, 15) is 9.59 Å². The lowest BCUT2D eigenvalue weighted by Crippen LogP contribution is -2.12. The van der Waals surface area contributed by atoms with Crippen LogP contribution in [0.4, 0.5) is 0 Å². The van der Waals surface area contributed by atoms with Crippen molar-refractivity contribution in [3.63, 3.8) is 0 Å². The van der Waals surface area contributed by atoms with Crippen molar-refractivity contribution in [2.24, 2.45) is 0 Å². The van der Waals surface area contributed by atoms with Gasteiger partial charge in [0.2, 0.25) is 0 Å². The molecule has 0 unspecified atom stereocenters. The maximum atomic E-state index is 10.8. The Morgan fingerprint density at radius 2 is 1.92 bits per heavy atom. The molecule has 4 nitrogen and oxygen atoms in total. The molecule has 0 aliphatic rings. The van der Waals surface area contributed by atoms with Gasteiger partial charge in [0, 0.05) is 6.42 Å². The van der Waals surface area contributed by atoms with E-state index in [2.05, 4.69) is 0 Å². The third-order valence-corrected chi connectivity index (χ3v) is 1.41. The van der Waals surface area contributed by atoms with E-state index in [1.807, 2.05) is 0 Å². The summed E-state index contributed by atoms with van der Waals surface area (Å²) in [7, 11) is 1.35. The van der Waals surface area contributed by atoms with Crippen LogP contribution in [0.5, 0.6) is 0 Å². The molecule has 0 bridgehead atoms. The van der Waals surface area contributed by atoms with Gasteiger partial charge in [-0.25, -0.2) is 4.79 Å². The lowest BCUT2D eigenvalue weighted by atomic mass is 10.1. The fraction of sp³-hybridized carbons (Fsp3) is 0.500. The number of methoxy groups -OCH3 is 1. The first-order valence-corrected chi connectivity index (χ1v) is 3.55. The molecule has 0 aromatic heterocycles. The number of hydrogen-bond acceptors (Lipinski definition) is 3. The van der Waals surface area contributed by atoms with Crippen molar-refractivity contribution in [1.82, 2.24) is 0 Å². The van der Waals surface area contributed by atoms with Crippen molar-refractivity contribution >= 4 is 11.8 Å². The Kier molecular flexibility index (Phi) is 4.04. The van der Waals surface area contributed by atoms with E-state index >= 15 is 0 Å². The number of carbonyl (C=O) groups is 2. The van der Waals surface area contributed by atoms with E-state index in [1.54, 1.807) is 6.92 Å². The van der Waals surface area contributed by atoms with Crippen molar-refractivity contribution < 1.29 is 19.4 Å². The van der Waals surface area contributed by atoms with Crippen LogP contribution in [0.15, 0.2) is 11.3 Å². The van der Waals surface area contributed by atoms with Crippen LogP contribution in [0.3, 0.4) is 0 Å². The maximum absolute atomic E-state index is 10.8. The standard InChI is InChI=1S/C8H12O4/c1-4-6(12-3)7(5(2)9)8(10)11/h4H2,1-3H3,(H,10,11). The van der Waals surface area contributed by atoms with Gasteiger partial charge in [-0.15, -0.1) is 0 Å². The number of ether oxygens (including phenoxy) is 1. The molecule has 0 saturated heterocycles. The Balaban J connectivity index is 5.03. The van der Waals surface area contributed by atoms with Gasteiger partial charge < -0.3 is 9.84 Å². The molecule has 1 N–H and O–H groups in total. The summed E-state index contributed by atoms with van der Waals surface area (Å²) in [4.78, 5) is 21.4. The molecule has 0 amide bonds. The largest absolute Gasteiger partial charge is 0.500 e. The van der Waals surface area contributed by atoms with E-state index in [1.165, 1.54) is 14.0 Å². The molecule has 0 aliphatic heterocycles. The number of carboxylic acid groups (broad SMARTS) is 1. The molecule has 0 rings (SSSR count). The zero-order chi connectivity index (χ0) is 9.72. The summed E-state index contributed by atoms with van der Waals surface area (Å²) in [6, 6.07) is 0. The molecule has 68 valence electrons. The molecule has 0 saturated carbocycles. The number of aliphatic carboxylic acids is 1. The maximum Gasteiger partial charge on any atom is 0.342 e. The highest BCUT2D eigenvalue weighted by atomic mass is 16.5.